The molecule has 0 fully saturated rings. The molecule has 39 heavy (non-hydrogen) atoms. The van der Waals surface area contributed by atoms with Crippen LogP contribution in [-0.2, 0) is 10.2 Å². The molecule has 1 unspecified atom stereocenters. The standard InChI is InChI=1S/C36H32NOP/c1-28(39(32-23-13-5-14-24-32)33-25-15-6-16-26-33)34-27-38-35(37-34)36(29-17-7-2-8-18-29,30-19-9-3-10-20-30)31-21-11-4-12-22-31/h2-26,28,34H,27H2,1H3/t28?,34-/m0/s1. The zero-order chi connectivity index (χ0) is 26.5. The summed E-state index contributed by atoms with van der Waals surface area (Å²) < 4.78 is 6.70. The summed E-state index contributed by atoms with van der Waals surface area (Å²) in [5.74, 6) is 0.777. The Hall–Kier alpha value is -4.00. The van der Waals surface area contributed by atoms with Gasteiger partial charge in [0.2, 0.25) is 5.90 Å². The van der Waals surface area contributed by atoms with Gasteiger partial charge in [0.25, 0.3) is 0 Å². The molecule has 1 aliphatic heterocycles. The first-order chi connectivity index (χ1) is 19.3. The Kier molecular flexibility index (Phi) is 7.39. The molecule has 0 aromatic heterocycles. The van der Waals surface area contributed by atoms with Crippen LogP contribution in [0, 0.1) is 0 Å². The summed E-state index contributed by atoms with van der Waals surface area (Å²) >= 11 is 0. The number of ether oxygens (including phenoxy) is 1. The number of nitrogens with zero attached hydrogens (tertiary/aromatic N) is 1. The van der Waals surface area contributed by atoms with Crippen LogP contribution in [-0.4, -0.2) is 24.2 Å². The van der Waals surface area contributed by atoms with Gasteiger partial charge in [0.05, 0.1) is 6.04 Å². The third-order valence-electron chi connectivity index (χ3n) is 7.65. The Labute approximate surface area is 232 Å². The highest BCUT2D eigenvalue weighted by molar-refractivity contribution is 7.73. The molecule has 0 radical (unpaired) electrons. The molecule has 0 saturated carbocycles. The molecule has 0 aliphatic carbocycles. The lowest BCUT2D eigenvalue weighted by molar-refractivity contribution is 0.300. The molecule has 6 rings (SSSR count). The summed E-state index contributed by atoms with van der Waals surface area (Å²) in [4.78, 5) is 5.47. The Balaban J connectivity index is 1.50. The minimum absolute atomic E-state index is 0.0436. The quantitative estimate of drug-likeness (QED) is 0.153. The second kappa shape index (κ2) is 11.4. The molecule has 5 aromatic carbocycles. The van der Waals surface area contributed by atoms with Gasteiger partial charge in [0.15, 0.2) is 0 Å². The number of aliphatic imine (C=N–C) groups is 1. The van der Waals surface area contributed by atoms with E-state index in [2.05, 4.69) is 159 Å². The van der Waals surface area contributed by atoms with E-state index in [0.29, 0.717) is 12.3 Å². The minimum Gasteiger partial charge on any atom is -0.478 e. The highest BCUT2D eigenvalue weighted by Gasteiger charge is 2.46. The van der Waals surface area contributed by atoms with Crippen LogP contribution in [0.2, 0.25) is 0 Å². The van der Waals surface area contributed by atoms with E-state index in [4.69, 9.17) is 9.73 Å². The second-order valence-corrected chi connectivity index (χ2v) is 12.5. The van der Waals surface area contributed by atoms with E-state index in [9.17, 15) is 0 Å². The maximum Gasteiger partial charge on any atom is 0.203 e. The molecule has 2 atom stereocenters. The summed E-state index contributed by atoms with van der Waals surface area (Å²) in [5, 5.41) is 2.74. The predicted molar refractivity (Wildman–Crippen MR) is 165 cm³/mol. The Morgan fingerprint density at radius 3 is 1.33 bits per heavy atom. The van der Waals surface area contributed by atoms with Crippen LogP contribution in [0.3, 0.4) is 0 Å². The van der Waals surface area contributed by atoms with Gasteiger partial charge in [-0.25, -0.2) is 4.99 Å². The number of hydrogen-bond acceptors (Lipinski definition) is 2. The van der Waals surface area contributed by atoms with Gasteiger partial charge in [0.1, 0.15) is 12.0 Å². The summed E-state index contributed by atoms with van der Waals surface area (Å²) in [6.45, 7) is 2.92. The summed E-state index contributed by atoms with van der Waals surface area (Å²) in [6, 6.07) is 53.9. The molecular formula is C36H32NOP. The van der Waals surface area contributed by atoms with Crippen molar-refractivity contribution in [2.45, 2.75) is 24.0 Å². The van der Waals surface area contributed by atoms with E-state index in [0.717, 1.165) is 22.6 Å². The SMILES string of the molecule is CC([C@@H]1COC(C(c2ccccc2)(c2ccccc2)c2ccccc2)=N1)P(c1ccccc1)c1ccccc1. The first-order valence-corrected chi connectivity index (χ1v) is 15.0. The van der Waals surface area contributed by atoms with Crippen LogP contribution in [0.5, 0.6) is 0 Å². The van der Waals surface area contributed by atoms with Gasteiger partial charge in [-0.3, -0.25) is 0 Å². The van der Waals surface area contributed by atoms with E-state index < -0.39 is 13.3 Å². The maximum atomic E-state index is 6.70. The molecule has 0 N–H and O–H groups in total. The monoisotopic (exact) mass is 525 g/mol. The maximum absolute atomic E-state index is 6.70. The van der Waals surface area contributed by atoms with Crippen molar-refractivity contribution in [3.8, 4) is 0 Å². The first kappa shape index (κ1) is 25.3. The second-order valence-electron chi connectivity index (χ2n) is 9.94. The van der Waals surface area contributed by atoms with E-state index in [1.54, 1.807) is 0 Å². The topological polar surface area (TPSA) is 21.6 Å². The van der Waals surface area contributed by atoms with Crippen molar-refractivity contribution in [2.24, 2.45) is 4.99 Å². The minimum atomic E-state index is -0.638. The third-order valence-corrected chi connectivity index (χ3v) is 10.5. The van der Waals surface area contributed by atoms with Crippen LogP contribution in [0.25, 0.3) is 0 Å². The first-order valence-electron chi connectivity index (χ1n) is 13.6. The van der Waals surface area contributed by atoms with E-state index >= 15 is 0 Å². The summed E-state index contributed by atoms with van der Waals surface area (Å²) in [5.41, 5.74) is 3.12. The Bertz CT molecular complexity index is 1370. The largest absolute Gasteiger partial charge is 0.478 e. The summed E-state index contributed by atoms with van der Waals surface area (Å²) in [7, 11) is -0.628. The van der Waals surface area contributed by atoms with Crippen LogP contribution >= 0.6 is 7.92 Å². The lowest BCUT2D eigenvalue weighted by Crippen LogP contribution is -2.39. The molecule has 0 spiro atoms. The number of hydrogen-bond donors (Lipinski definition) is 0. The van der Waals surface area contributed by atoms with Crippen molar-refractivity contribution in [1.82, 2.24) is 0 Å². The van der Waals surface area contributed by atoms with Gasteiger partial charge < -0.3 is 4.74 Å². The highest BCUT2D eigenvalue weighted by atomic mass is 31.1. The summed E-state index contributed by atoms with van der Waals surface area (Å²) in [6.07, 6.45) is 0. The molecule has 2 nitrogen and oxygen atoms in total. The molecule has 5 aromatic rings. The van der Waals surface area contributed by atoms with Crippen LogP contribution in [0.4, 0.5) is 0 Å². The van der Waals surface area contributed by atoms with Crippen LogP contribution < -0.4 is 10.6 Å². The Morgan fingerprint density at radius 1 is 0.590 bits per heavy atom. The van der Waals surface area contributed by atoms with Crippen LogP contribution in [0.15, 0.2) is 157 Å². The molecule has 0 bridgehead atoms. The van der Waals surface area contributed by atoms with Crippen molar-refractivity contribution in [3.63, 3.8) is 0 Å². The van der Waals surface area contributed by atoms with Gasteiger partial charge >= 0.3 is 0 Å². The fourth-order valence-corrected chi connectivity index (χ4v) is 8.47. The molecule has 1 heterocycles. The van der Waals surface area contributed by atoms with Gasteiger partial charge in [-0.05, 0) is 35.2 Å². The number of benzene rings is 5. The Morgan fingerprint density at radius 2 is 0.949 bits per heavy atom. The van der Waals surface area contributed by atoms with Crippen molar-refractivity contribution in [1.29, 1.82) is 0 Å². The average molecular weight is 526 g/mol. The molecule has 0 amide bonds. The average Bonchev–Trinajstić information content (AvgIpc) is 3.51. The fraction of sp³-hybridized carbons (Fsp3) is 0.139. The van der Waals surface area contributed by atoms with Crippen molar-refractivity contribution < 1.29 is 4.74 Å². The van der Waals surface area contributed by atoms with Crippen molar-refractivity contribution in [2.75, 3.05) is 6.61 Å². The molecule has 1 aliphatic rings. The predicted octanol–water partition coefficient (Wildman–Crippen LogP) is 7.34. The smallest absolute Gasteiger partial charge is 0.203 e. The normalized spacial score (nSPS) is 15.9. The van der Waals surface area contributed by atoms with E-state index in [1.807, 2.05) is 0 Å². The van der Waals surface area contributed by atoms with E-state index in [-0.39, 0.29) is 6.04 Å². The lowest BCUT2D eigenvalue weighted by Gasteiger charge is -2.35. The zero-order valence-electron chi connectivity index (χ0n) is 22.1. The third kappa shape index (κ3) is 4.82. The van der Waals surface area contributed by atoms with Crippen LogP contribution in [0.1, 0.15) is 23.6 Å². The lowest BCUT2D eigenvalue weighted by atomic mass is 9.69. The van der Waals surface area contributed by atoms with Gasteiger partial charge in [-0.2, -0.15) is 0 Å². The van der Waals surface area contributed by atoms with Gasteiger partial charge in [-0.1, -0.05) is 159 Å². The number of rotatable bonds is 8. The van der Waals surface area contributed by atoms with Gasteiger partial charge in [0, 0.05) is 5.66 Å². The van der Waals surface area contributed by atoms with Crippen molar-refractivity contribution >= 4 is 24.4 Å². The molecule has 3 heteroatoms. The molecule has 192 valence electrons. The zero-order valence-corrected chi connectivity index (χ0v) is 23.0. The van der Waals surface area contributed by atoms with E-state index in [1.165, 1.54) is 10.6 Å². The fourth-order valence-electron chi connectivity index (χ4n) is 5.75. The molecule has 0 saturated heterocycles. The highest BCUT2D eigenvalue weighted by Crippen LogP contribution is 2.46. The molecular weight excluding hydrogens is 493 g/mol. The van der Waals surface area contributed by atoms with Gasteiger partial charge in [-0.15, -0.1) is 0 Å². The van der Waals surface area contributed by atoms with Crippen molar-refractivity contribution in [3.05, 3.63) is 168 Å².